The first-order valence-electron chi connectivity index (χ1n) is 4.59. The normalized spacial score (nSPS) is 15.0. The molecule has 0 amide bonds. The lowest BCUT2D eigenvalue weighted by Gasteiger charge is -2.16. The zero-order chi connectivity index (χ0) is 11.2. The Morgan fingerprint density at radius 1 is 1.50 bits per heavy atom. The van der Waals surface area contributed by atoms with Crippen molar-refractivity contribution in [2.75, 3.05) is 0 Å². The molecule has 0 spiro atoms. The molecule has 0 aliphatic heterocycles. The Kier molecular flexibility index (Phi) is 5.37. The van der Waals surface area contributed by atoms with Crippen LogP contribution in [-0.4, -0.2) is 6.18 Å². The first kappa shape index (κ1) is 13.1. The summed E-state index contributed by atoms with van der Waals surface area (Å²) in [4.78, 5) is 0. The van der Waals surface area contributed by atoms with Gasteiger partial charge in [-0.15, -0.1) is 12.3 Å². The minimum absolute atomic E-state index is 0.0165. The Bertz CT molecular complexity index is 230. The van der Waals surface area contributed by atoms with Crippen molar-refractivity contribution in [1.82, 2.24) is 0 Å². The van der Waals surface area contributed by atoms with Crippen molar-refractivity contribution >= 4 is 0 Å². The zero-order valence-electron chi connectivity index (χ0n) is 8.49. The maximum atomic E-state index is 12.4. The van der Waals surface area contributed by atoms with E-state index in [2.05, 4.69) is 5.92 Å². The highest BCUT2D eigenvalue weighted by Gasteiger charge is 2.37. The molecule has 0 heterocycles. The Balaban J connectivity index is 4.50. The fourth-order valence-corrected chi connectivity index (χ4v) is 1.04. The molecule has 14 heavy (non-hydrogen) atoms. The molecule has 0 saturated carbocycles. The number of rotatable bonds is 4. The molecule has 0 N–H and O–H groups in total. The summed E-state index contributed by atoms with van der Waals surface area (Å²) in [5.41, 5.74) is 0.754. The van der Waals surface area contributed by atoms with E-state index in [9.17, 15) is 13.2 Å². The Labute approximate surface area is 83.2 Å². The molecule has 0 aromatic rings. The van der Waals surface area contributed by atoms with Gasteiger partial charge in [-0.2, -0.15) is 13.2 Å². The third kappa shape index (κ3) is 4.96. The number of allylic oxidation sites excluding steroid dienone is 2. The highest BCUT2D eigenvalue weighted by atomic mass is 19.4. The van der Waals surface area contributed by atoms with Crippen LogP contribution in [0.15, 0.2) is 11.6 Å². The molecule has 1 atom stereocenters. The highest BCUT2D eigenvalue weighted by molar-refractivity contribution is 5.03. The van der Waals surface area contributed by atoms with Gasteiger partial charge >= 0.3 is 6.18 Å². The van der Waals surface area contributed by atoms with Crippen molar-refractivity contribution in [3.8, 4) is 12.3 Å². The van der Waals surface area contributed by atoms with E-state index in [1.54, 1.807) is 6.92 Å². The predicted molar refractivity (Wildman–Crippen MR) is 51.7 cm³/mol. The molecule has 0 nitrogen and oxygen atoms in total. The van der Waals surface area contributed by atoms with Crippen molar-refractivity contribution in [2.45, 2.75) is 39.3 Å². The van der Waals surface area contributed by atoms with Crippen LogP contribution in [-0.2, 0) is 0 Å². The van der Waals surface area contributed by atoms with Crippen LogP contribution in [0.3, 0.4) is 0 Å². The summed E-state index contributed by atoms with van der Waals surface area (Å²) < 4.78 is 37.3. The van der Waals surface area contributed by atoms with Gasteiger partial charge in [-0.25, -0.2) is 0 Å². The molecule has 80 valence electrons. The lowest BCUT2D eigenvalue weighted by Crippen LogP contribution is -2.21. The number of hydrogen-bond acceptors (Lipinski definition) is 0. The first-order valence-corrected chi connectivity index (χ1v) is 4.59. The molecular formula is C11H15F3. The van der Waals surface area contributed by atoms with E-state index in [0.717, 1.165) is 5.57 Å². The molecule has 3 heteroatoms. The molecular weight excluding hydrogens is 189 g/mol. The van der Waals surface area contributed by atoms with Crippen molar-refractivity contribution in [3.63, 3.8) is 0 Å². The van der Waals surface area contributed by atoms with Gasteiger partial charge in [0.25, 0.3) is 0 Å². The number of hydrogen-bond donors (Lipinski definition) is 0. The number of halogens is 3. The Morgan fingerprint density at radius 2 is 2.07 bits per heavy atom. The molecule has 0 rings (SSSR count). The third-order valence-electron chi connectivity index (χ3n) is 2.06. The first-order chi connectivity index (χ1) is 6.41. The summed E-state index contributed by atoms with van der Waals surface area (Å²) in [5, 5.41) is 0. The lowest BCUT2D eigenvalue weighted by atomic mass is 9.99. The van der Waals surface area contributed by atoms with Crippen molar-refractivity contribution in [3.05, 3.63) is 11.6 Å². The summed E-state index contributed by atoms with van der Waals surface area (Å²) in [7, 11) is 0. The maximum absolute atomic E-state index is 12.4. The molecule has 0 bridgehead atoms. The van der Waals surface area contributed by atoms with Crippen molar-refractivity contribution in [1.29, 1.82) is 0 Å². The maximum Gasteiger partial charge on any atom is 0.395 e. The van der Waals surface area contributed by atoms with E-state index < -0.39 is 12.1 Å². The highest BCUT2D eigenvalue weighted by Crippen LogP contribution is 2.31. The molecule has 0 radical (unpaired) electrons. The van der Waals surface area contributed by atoms with Gasteiger partial charge in [-0.1, -0.05) is 18.6 Å². The van der Waals surface area contributed by atoms with Gasteiger partial charge in [-0.3, -0.25) is 0 Å². The summed E-state index contributed by atoms with van der Waals surface area (Å²) >= 11 is 0. The Morgan fingerprint density at radius 3 is 2.43 bits per heavy atom. The van der Waals surface area contributed by atoms with Gasteiger partial charge in [0, 0.05) is 6.42 Å². The lowest BCUT2D eigenvalue weighted by molar-refractivity contribution is -0.162. The molecule has 0 aromatic heterocycles. The third-order valence-corrected chi connectivity index (χ3v) is 2.06. The summed E-state index contributed by atoms with van der Waals surface area (Å²) in [5.74, 6) is 0.842. The van der Waals surface area contributed by atoms with E-state index in [1.807, 2.05) is 6.92 Å². The van der Waals surface area contributed by atoms with Gasteiger partial charge in [0.2, 0.25) is 0 Å². The van der Waals surface area contributed by atoms with Gasteiger partial charge < -0.3 is 0 Å². The minimum Gasteiger partial charge on any atom is -0.170 e. The van der Waals surface area contributed by atoms with Gasteiger partial charge in [0.05, 0.1) is 5.92 Å². The molecule has 0 saturated heterocycles. The summed E-state index contributed by atoms with van der Waals surface area (Å²) in [6.07, 6.45) is 2.84. The molecule has 1 unspecified atom stereocenters. The largest absolute Gasteiger partial charge is 0.395 e. The average Bonchev–Trinajstić information content (AvgIpc) is 2.09. The SMILES string of the molecule is C#CCCC(/C=C(\C)CC)C(F)(F)F. The van der Waals surface area contributed by atoms with Crippen LogP contribution in [0.2, 0.25) is 0 Å². The van der Waals surface area contributed by atoms with Crippen molar-refractivity contribution < 1.29 is 13.2 Å². The summed E-state index contributed by atoms with van der Waals surface area (Å²) in [6.45, 7) is 3.54. The smallest absolute Gasteiger partial charge is 0.170 e. The fraction of sp³-hybridized carbons (Fsp3) is 0.636. The van der Waals surface area contributed by atoms with Crippen LogP contribution in [0.4, 0.5) is 13.2 Å². The molecule has 0 aliphatic rings. The average molecular weight is 204 g/mol. The van der Waals surface area contributed by atoms with E-state index in [0.29, 0.717) is 6.42 Å². The monoisotopic (exact) mass is 204 g/mol. The minimum atomic E-state index is -4.17. The second-order valence-corrected chi connectivity index (χ2v) is 3.26. The standard InChI is InChI=1S/C11H15F3/c1-4-6-7-10(11(12,13)14)8-9(3)5-2/h1,8,10H,5-7H2,2-3H3/b9-8+. The second kappa shape index (κ2) is 5.74. The topological polar surface area (TPSA) is 0 Å². The number of alkyl halides is 3. The van der Waals surface area contributed by atoms with Crippen LogP contribution >= 0.6 is 0 Å². The van der Waals surface area contributed by atoms with Gasteiger partial charge in [-0.05, 0) is 19.8 Å². The van der Waals surface area contributed by atoms with Gasteiger partial charge in [0.1, 0.15) is 0 Å². The van der Waals surface area contributed by atoms with E-state index >= 15 is 0 Å². The molecule has 0 aromatic carbocycles. The van der Waals surface area contributed by atoms with E-state index in [1.165, 1.54) is 6.08 Å². The van der Waals surface area contributed by atoms with Gasteiger partial charge in [0.15, 0.2) is 0 Å². The molecule has 0 fully saturated rings. The van der Waals surface area contributed by atoms with E-state index in [4.69, 9.17) is 6.42 Å². The van der Waals surface area contributed by atoms with Crippen LogP contribution < -0.4 is 0 Å². The van der Waals surface area contributed by atoms with Crippen LogP contribution in [0.5, 0.6) is 0 Å². The van der Waals surface area contributed by atoms with Crippen LogP contribution in [0.25, 0.3) is 0 Å². The number of terminal acetylenes is 1. The fourth-order valence-electron chi connectivity index (χ4n) is 1.04. The summed E-state index contributed by atoms with van der Waals surface area (Å²) in [6, 6.07) is 0. The quantitative estimate of drug-likeness (QED) is 0.480. The zero-order valence-corrected chi connectivity index (χ0v) is 8.49. The van der Waals surface area contributed by atoms with Crippen molar-refractivity contribution in [2.24, 2.45) is 5.92 Å². The molecule has 0 aliphatic carbocycles. The predicted octanol–water partition coefficient (Wildman–Crippen LogP) is 3.93. The van der Waals surface area contributed by atoms with Crippen LogP contribution in [0, 0.1) is 18.3 Å². The Hall–Kier alpha value is -0.910. The second-order valence-electron chi connectivity index (χ2n) is 3.26. The van der Waals surface area contributed by atoms with E-state index in [-0.39, 0.29) is 12.8 Å². The van der Waals surface area contributed by atoms with Crippen LogP contribution in [0.1, 0.15) is 33.1 Å².